The van der Waals surface area contributed by atoms with Crippen LogP contribution < -0.4 is 14.2 Å². The molecular formula is C11H16O3. The molecule has 0 aliphatic heterocycles. The summed E-state index contributed by atoms with van der Waals surface area (Å²) < 4.78 is 15.8. The average molecular weight is 196 g/mol. The van der Waals surface area contributed by atoms with Crippen molar-refractivity contribution >= 4 is 0 Å². The lowest BCUT2D eigenvalue weighted by Gasteiger charge is -2.14. The standard InChI is InChI=1S/C11H16O3/c1-8(2)14-11-7-9(12-3)5-6-10(11)13-4/h5-8H,1-4H3. The highest BCUT2D eigenvalue weighted by atomic mass is 16.5. The SMILES string of the molecule is COc1ccc(OC)c(OC(C)C)c1. The maximum absolute atomic E-state index is 5.57. The zero-order chi connectivity index (χ0) is 10.6. The predicted octanol–water partition coefficient (Wildman–Crippen LogP) is 2.49. The Morgan fingerprint density at radius 2 is 1.71 bits per heavy atom. The Bertz CT molecular complexity index is 295. The van der Waals surface area contributed by atoms with Crippen molar-refractivity contribution in [1.82, 2.24) is 0 Å². The van der Waals surface area contributed by atoms with E-state index in [2.05, 4.69) is 0 Å². The van der Waals surface area contributed by atoms with Gasteiger partial charge in [0.2, 0.25) is 0 Å². The third-order valence-corrected chi connectivity index (χ3v) is 1.73. The molecule has 0 radical (unpaired) electrons. The van der Waals surface area contributed by atoms with E-state index in [1.807, 2.05) is 32.0 Å². The summed E-state index contributed by atoms with van der Waals surface area (Å²) in [4.78, 5) is 0. The van der Waals surface area contributed by atoms with Gasteiger partial charge in [0.25, 0.3) is 0 Å². The molecule has 0 unspecified atom stereocenters. The third kappa shape index (κ3) is 2.55. The molecule has 3 heteroatoms. The van der Waals surface area contributed by atoms with Gasteiger partial charge in [-0.2, -0.15) is 0 Å². The molecule has 14 heavy (non-hydrogen) atoms. The molecule has 0 saturated heterocycles. The van der Waals surface area contributed by atoms with Crippen LogP contribution >= 0.6 is 0 Å². The van der Waals surface area contributed by atoms with E-state index >= 15 is 0 Å². The molecule has 0 heterocycles. The van der Waals surface area contributed by atoms with Crippen molar-refractivity contribution < 1.29 is 14.2 Å². The first-order valence-corrected chi connectivity index (χ1v) is 4.56. The first-order valence-electron chi connectivity index (χ1n) is 4.56. The molecule has 78 valence electrons. The smallest absolute Gasteiger partial charge is 0.165 e. The van der Waals surface area contributed by atoms with Gasteiger partial charge in [0, 0.05) is 6.07 Å². The Balaban J connectivity index is 2.96. The van der Waals surface area contributed by atoms with Crippen LogP contribution in [0, 0.1) is 0 Å². The van der Waals surface area contributed by atoms with E-state index in [1.165, 1.54) is 0 Å². The van der Waals surface area contributed by atoms with Crippen molar-refractivity contribution in [2.24, 2.45) is 0 Å². The van der Waals surface area contributed by atoms with Gasteiger partial charge in [0.1, 0.15) is 5.75 Å². The van der Waals surface area contributed by atoms with E-state index in [0.717, 1.165) is 11.5 Å². The van der Waals surface area contributed by atoms with Gasteiger partial charge in [-0.15, -0.1) is 0 Å². The molecule has 0 saturated carbocycles. The number of ether oxygens (including phenoxy) is 3. The fourth-order valence-corrected chi connectivity index (χ4v) is 1.13. The van der Waals surface area contributed by atoms with Crippen LogP contribution in [0.2, 0.25) is 0 Å². The van der Waals surface area contributed by atoms with Crippen LogP contribution in [0.3, 0.4) is 0 Å². The zero-order valence-electron chi connectivity index (χ0n) is 9.03. The second-order valence-corrected chi connectivity index (χ2v) is 3.18. The van der Waals surface area contributed by atoms with Crippen LogP contribution in [-0.4, -0.2) is 20.3 Å². The average Bonchev–Trinajstić information content (AvgIpc) is 2.16. The third-order valence-electron chi connectivity index (χ3n) is 1.73. The van der Waals surface area contributed by atoms with Crippen molar-refractivity contribution in [2.75, 3.05) is 14.2 Å². The molecule has 0 amide bonds. The van der Waals surface area contributed by atoms with Crippen LogP contribution in [0.1, 0.15) is 13.8 Å². The van der Waals surface area contributed by atoms with Gasteiger partial charge in [-0.25, -0.2) is 0 Å². The second kappa shape index (κ2) is 4.74. The van der Waals surface area contributed by atoms with Gasteiger partial charge in [-0.3, -0.25) is 0 Å². The number of rotatable bonds is 4. The summed E-state index contributed by atoms with van der Waals surface area (Å²) in [7, 11) is 3.25. The molecule has 1 aromatic rings. The molecule has 0 N–H and O–H groups in total. The van der Waals surface area contributed by atoms with Gasteiger partial charge in [-0.1, -0.05) is 0 Å². The van der Waals surface area contributed by atoms with Crippen LogP contribution in [0.4, 0.5) is 0 Å². The van der Waals surface area contributed by atoms with Crippen LogP contribution in [0.25, 0.3) is 0 Å². The Morgan fingerprint density at radius 3 is 2.21 bits per heavy atom. The van der Waals surface area contributed by atoms with Crippen molar-refractivity contribution in [3.63, 3.8) is 0 Å². The second-order valence-electron chi connectivity index (χ2n) is 3.18. The van der Waals surface area contributed by atoms with E-state index in [0.29, 0.717) is 5.75 Å². The highest BCUT2D eigenvalue weighted by Gasteiger charge is 2.07. The minimum absolute atomic E-state index is 0.121. The first-order chi connectivity index (χ1) is 6.67. The largest absolute Gasteiger partial charge is 0.497 e. The normalized spacial score (nSPS) is 10.1. The van der Waals surface area contributed by atoms with Gasteiger partial charge >= 0.3 is 0 Å². The highest BCUT2D eigenvalue weighted by molar-refractivity contribution is 5.45. The van der Waals surface area contributed by atoms with Crippen molar-refractivity contribution in [2.45, 2.75) is 20.0 Å². The summed E-state index contributed by atoms with van der Waals surface area (Å²) in [6.07, 6.45) is 0.121. The number of methoxy groups -OCH3 is 2. The molecule has 1 aromatic carbocycles. The summed E-state index contributed by atoms with van der Waals surface area (Å²) in [5.74, 6) is 2.20. The summed E-state index contributed by atoms with van der Waals surface area (Å²) in [6.45, 7) is 3.94. The van der Waals surface area contributed by atoms with Crippen molar-refractivity contribution in [3.8, 4) is 17.2 Å². The molecule has 0 fully saturated rings. The van der Waals surface area contributed by atoms with E-state index in [-0.39, 0.29) is 6.10 Å². The number of hydrogen-bond donors (Lipinski definition) is 0. The lowest BCUT2D eigenvalue weighted by atomic mass is 10.3. The van der Waals surface area contributed by atoms with Gasteiger partial charge in [0.05, 0.1) is 20.3 Å². The highest BCUT2D eigenvalue weighted by Crippen LogP contribution is 2.31. The molecule has 0 aliphatic carbocycles. The molecular weight excluding hydrogens is 180 g/mol. The summed E-state index contributed by atoms with van der Waals surface area (Å²) in [5, 5.41) is 0. The summed E-state index contributed by atoms with van der Waals surface area (Å²) in [6, 6.07) is 5.49. The fraction of sp³-hybridized carbons (Fsp3) is 0.455. The maximum atomic E-state index is 5.57. The first kappa shape index (κ1) is 10.7. The molecule has 0 spiro atoms. The minimum Gasteiger partial charge on any atom is -0.497 e. The van der Waals surface area contributed by atoms with E-state index in [9.17, 15) is 0 Å². The number of benzene rings is 1. The lowest BCUT2D eigenvalue weighted by Crippen LogP contribution is -2.06. The minimum atomic E-state index is 0.121. The Labute approximate surface area is 84.6 Å². The molecule has 3 nitrogen and oxygen atoms in total. The Morgan fingerprint density at radius 1 is 1.00 bits per heavy atom. The van der Waals surface area contributed by atoms with Crippen LogP contribution in [0.15, 0.2) is 18.2 Å². The lowest BCUT2D eigenvalue weighted by molar-refractivity contribution is 0.229. The van der Waals surface area contributed by atoms with Gasteiger partial charge in [-0.05, 0) is 26.0 Å². The van der Waals surface area contributed by atoms with Gasteiger partial charge in [0.15, 0.2) is 11.5 Å². The molecule has 0 aromatic heterocycles. The molecule has 0 bridgehead atoms. The Hall–Kier alpha value is -1.38. The van der Waals surface area contributed by atoms with Crippen LogP contribution in [-0.2, 0) is 0 Å². The predicted molar refractivity (Wildman–Crippen MR) is 55.3 cm³/mol. The molecule has 1 rings (SSSR count). The summed E-state index contributed by atoms with van der Waals surface area (Å²) in [5.41, 5.74) is 0. The topological polar surface area (TPSA) is 27.7 Å². The quantitative estimate of drug-likeness (QED) is 0.740. The monoisotopic (exact) mass is 196 g/mol. The number of hydrogen-bond acceptors (Lipinski definition) is 3. The summed E-state index contributed by atoms with van der Waals surface area (Å²) >= 11 is 0. The van der Waals surface area contributed by atoms with E-state index < -0.39 is 0 Å². The maximum Gasteiger partial charge on any atom is 0.165 e. The van der Waals surface area contributed by atoms with Crippen molar-refractivity contribution in [3.05, 3.63) is 18.2 Å². The van der Waals surface area contributed by atoms with Gasteiger partial charge < -0.3 is 14.2 Å². The van der Waals surface area contributed by atoms with E-state index in [1.54, 1.807) is 14.2 Å². The van der Waals surface area contributed by atoms with E-state index in [4.69, 9.17) is 14.2 Å². The molecule has 0 aliphatic rings. The zero-order valence-corrected chi connectivity index (χ0v) is 9.03. The fourth-order valence-electron chi connectivity index (χ4n) is 1.13. The van der Waals surface area contributed by atoms with Crippen molar-refractivity contribution in [1.29, 1.82) is 0 Å². The Kier molecular flexibility index (Phi) is 3.63. The molecule has 0 atom stereocenters. The van der Waals surface area contributed by atoms with Crippen LogP contribution in [0.5, 0.6) is 17.2 Å².